The molecule has 278 valence electrons. The standard InChI is InChI=1S/C33H37FN6O10S2/c1-15-19(13-40-7-4-5-17(40)12-38(6-8-40)27(44)16-9-20(34)26(43)23(42)10-16)25(30(46)47)39-28(45)18(29(39)52-15)11-22(41)24(21-14-51-32(35)36-21)37-50-33(2,3)31(48)49/h9-10,14-15,17-18,29H,4-8,11-13H2,1-3H3,(H5-,35,36,37,41,42,43,44,46,47,48,49)/p+1/t15-,17-,18+,29+,40?/m0/s1. The maximum Gasteiger partial charge on any atom is 0.352 e. The lowest BCUT2D eigenvalue weighted by Gasteiger charge is -2.53. The van der Waals surface area contributed by atoms with Gasteiger partial charge in [-0.3, -0.25) is 19.3 Å². The van der Waals surface area contributed by atoms with E-state index in [9.17, 15) is 48.8 Å². The molecule has 1 aromatic heterocycles. The number of nitrogens with zero attached hydrogens (tertiary/aromatic N) is 5. The first kappa shape index (κ1) is 37.0. The summed E-state index contributed by atoms with van der Waals surface area (Å²) in [6, 6.07) is 1.84. The van der Waals surface area contributed by atoms with Crippen LogP contribution in [0.1, 0.15) is 56.1 Å². The number of halogens is 1. The molecule has 19 heteroatoms. The highest BCUT2D eigenvalue weighted by Gasteiger charge is 2.57. The number of carbonyl (C=O) groups excluding carboxylic acids is 3. The van der Waals surface area contributed by atoms with E-state index in [1.807, 2.05) is 6.92 Å². The summed E-state index contributed by atoms with van der Waals surface area (Å²) in [6.45, 7) is 6.51. The first-order valence-electron chi connectivity index (χ1n) is 16.5. The van der Waals surface area contributed by atoms with Gasteiger partial charge in [-0.25, -0.2) is 19.0 Å². The zero-order chi connectivity index (χ0) is 37.9. The van der Waals surface area contributed by atoms with Crippen LogP contribution < -0.4 is 5.73 Å². The number of nitrogen functional groups attached to an aromatic ring is 1. The molecule has 5 atom stereocenters. The van der Waals surface area contributed by atoms with Gasteiger partial charge in [0.2, 0.25) is 11.5 Å². The summed E-state index contributed by atoms with van der Waals surface area (Å²) in [5.74, 6) is -7.96. The highest BCUT2D eigenvalue weighted by atomic mass is 32.2. The van der Waals surface area contributed by atoms with Crippen molar-refractivity contribution in [3.05, 3.63) is 45.9 Å². The van der Waals surface area contributed by atoms with Crippen LogP contribution in [0.3, 0.4) is 0 Å². The lowest BCUT2D eigenvalue weighted by molar-refractivity contribution is -0.938. The Kier molecular flexibility index (Phi) is 9.73. The quantitative estimate of drug-likeness (QED) is 0.0728. The maximum atomic E-state index is 14.1. The molecular formula is C33H38FN6O10S2+. The van der Waals surface area contributed by atoms with E-state index in [0.717, 1.165) is 42.9 Å². The fourth-order valence-electron chi connectivity index (χ4n) is 7.34. The molecule has 3 fully saturated rings. The van der Waals surface area contributed by atoms with Crippen LogP contribution in [0, 0.1) is 11.7 Å². The molecule has 4 aliphatic rings. The molecule has 0 spiro atoms. The van der Waals surface area contributed by atoms with Crippen molar-refractivity contribution in [2.24, 2.45) is 11.1 Å². The monoisotopic (exact) mass is 761 g/mol. The van der Waals surface area contributed by atoms with Gasteiger partial charge in [0.1, 0.15) is 24.0 Å². The van der Waals surface area contributed by atoms with Gasteiger partial charge in [-0.1, -0.05) is 5.16 Å². The molecule has 0 aliphatic carbocycles. The number of fused-ring (bicyclic) bond motifs is 2. The third-order valence-electron chi connectivity index (χ3n) is 10.3. The lowest BCUT2D eigenvalue weighted by atomic mass is 9.88. The number of quaternary nitrogens is 1. The number of aromatic hydroxyl groups is 2. The number of aliphatic carboxylic acids is 2. The van der Waals surface area contributed by atoms with Crippen molar-refractivity contribution in [3.63, 3.8) is 0 Å². The molecule has 4 aliphatic heterocycles. The number of carbonyl (C=O) groups is 5. The number of carboxylic acids is 2. The van der Waals surface area contributed by atoms with E-state index in [1.165, 1.54) is 35.9 Å². The Balaban J connectivity index is 1.21. The van der Waals surface area contributed by atoms with E-state index in [0.29, 0.717) is 29.7 Å². The number of hydrogen-bond donors (Lipinski definition) is 5. The smallest absolute Gasteiger partial charge is 0.352 e. The fourth-order valence-corrected chi connectivity index (χ4v) is 9.39. The highest BCUT2D eigenvalue weighted by Crippen LogP contribution is 2.49. The molecule has 0 bridgehead atoms. The Hall–Kier alpha value is -4.75. The van der Waals surface area contributed by atoms with E-state index >= 15 is 0 Å². The van der Waals surface area contributed by atoms with E-state index in [-0.39, 0.29) is 52.1 Å². The fraction of sp³-hybridized carbons (Fsp3) is 0.485. The third-order valence-corrected chi connectivity index (χ3v) is 12.5. The molecule has 6 rings (SSSR count). The van der Waals surface area contributed by atoms with Crippen molar-refractivity contribution in [2.45, 2.75) is 62.3 Å². The summed E-state index contributed by atoms with van der Waals surface area (Å²) in [5, 5.41) is 43.8. The number of thioether (sulfide) groups is 1. The number of thiazole rings is 1. The number of phenols is 2. The van der Waals surface area contributed by atoms with Crippen molar-refractivity contribution in [3.8, 4) is 11.5 Å². The van der Waals surface area contributed by atoms with E-state index in [2.05, 4.69) is 10.1 Å². The molecule has 0 radical (unpaired) electrons. The number of rotatable bonds is 11. The minimum absolute atomic E-state index is 0.0552. The summed E-state index contributed by atoms with van der Waals surface area (Å²) in [6.07, 6.45) is 1.23. The number of amides is 2. The summed E-state index contributed by atoms with van der Waals surface area (Å²) in [5.41, 5.74) is 4.09. The van der Waals surface area contributed by atoms with Gasteiger partial charge < -0.3 is 40.4 Å². The molecule has 1 aromatic carbocycles. The van der Waals surface area contributed by atoms with Gasteiger partial charge in [-0.05, 0) is 32.9 Å². The number of benzene rings is 1. The molecule has 3 saturated heterocycles. The Morgan fingerprint density at radius 2 is 1.92 bits per heavy atom. The SMILES string of the molecule is C[C@@H]1S[C@@H]2[C@H](CC(=O)/C(=N\OC(C)(C)C(=O)O)c3csc(N)n3)C(=O)N2C(C(=O)O)=C1C[N+]12CCC[C@H]1CN(C(=O)c1cc(O)c(O)c(F)c1)CC2. The Bertz CT molecular complexity index is 1910. The van der Waals surface area contributed by atoms with Crippen molar-refractivity contribution >= 4 is 63.5 Å². The Morgan fingerprint density at radius 1 is 1.19 bits per heavy atom. The van der Waals surface area contributed by atoms with E-state index in [1.54, 1.807) is 4.90 Å². The highest BCUT2D eigenvalue weighted by molar-refractivity contribution is 8.00. The molecule has 2 aromatic rings. The normalized spacial score (nSPS) is 26.1. The number of anilines is 1. The van der Waals surface area contributed by atoms with Crippen molar-refractivity contribution in [2.75, 3.05) is 38.5 Å². The molecule has 16 nitrogen and oxygen atoms in total. The number of carboxylic acid groups (broad SMARTS) is 2. The maximum absolute atomic E-state index is 14.1. The van der Waals surface area contributed by atoms with Crippen LogP contribution in [0.25, 0.3) is 0 Å². The number of phenolic OH excluding ortho intramolecular Hbond substituents is 2. The number of nitrogens with two attached hydrogens (primary N) is 1. The summed E-state index contributed by atoms with van der Waals surface area (Å²) in [4.78, 5) is 77.1. The molecule has 0 saturated carbocycles. The van der Waals surface area contributed by atoms with Crippen molar-refractivity contribution in [1.82, 2.24) is 14.8 Å². The van der Waals surface area contributed by atoms with Crippen LogP contribution >= 0.6 is 23.1 Å². The number of β-lactam (4-membered cyclic amide) rings is 1. The Morgan fingerprint density at radius 3 is 2.56 bits per heavy atom. The second kappa shape index (κ2) is 13.7. The van der Waals surface area contributed by atoms with Gasteiger partial charge >= 0.3 is 11.9 Å². The first-order chi connectivity index (χ1) is 24.4. The lowest BCUT2D eigenvalue weighted by Crippen LogP contribution is -2.66. The predicted molar refractivity (Wildman–Crippen MR) is 185 cm³/mol. The average molecular weight is 762 g/mol. The number of oxime groups is 1. The number of Topliss-reactive ketones (excluding diaryl/α,β-unsaturated/α-hetero) is 1. The predicted octanol–water partition coefficient (Wildman–Crippen LogP) is 2.21. The Labute approximate surface area is 304 Å². The minimum Gasteiger partial charge on any atom is -0.504 e. The average Bonchev–Trinajstić information content (AvgIpc) is 3.71. The minimum atomic E-state index is -1.78. The van der Waals surface area contributed by atoms with Crippen LogP contribution in [0.2, 0.25) is 0 Å². The van der Waals surface area contributed by atoms with Crippen LogP contribution in [0.4, 0.5) is 9.52 Å². The number of hydrogen-bond acceptors (Lipinski definition) is 13. The molecule has 6 N–H and O–H groups in total. The van der Waals surface area contributed by atoms with Crippen LogP contribution in [0.15, 0.2) is 33.9 Å². The molecular weight excluding hydrogens is 724 g/mol. The van der Waals surface area contributed by atoms with Gasteiger partial charge in [0.05, 0.1) is 37.5 Å². The largest absolute Gasteiger partial charge is 0.504 e. The van der Waals surface area contributed by atoms with Crippen LogP contribution in [-0.2, 0) is 24.0 Å². The first-order valence-corrected chi connectivity index (χ1v) is 18.3. The van der Waals surface area contributed by atoms with Gasteiger partial charge in [0.25, 0.3) is 5.91 Å². The zero-order valence-corrected chi connectivity index (χ0v) is 30.1. The zero-order valence-electron chi connectivity index (χ0n) is 28.4. The summed E-state index contributed by atoms with van der Waals surface area (Å²) in [7, 11) is 0. The number of piperazine rings is 1. The molecule has 1 unspecified atom stereocenters. The van der Waals surface area contributed by atoms with Crippen molar-refractivity contribution in [1.29, 1.82) is 0 Å². The van der Waals surface area contributed by atoms with E-state index in [4.69, 9.17) is 10.6 Å². The van der Waals surface area contributed by atoms with E-state index < -0.39 is 63.7 Å². The third kappa shape index (κ3) is 6.56. The molecule has 2 amide bonds. The van der Waals surface area contributed by atoms with Crippen LogP contribution in [0.5, 0.6) is 11.5 Å². The molecule has 52 heavy (non-hydrogen) atoms. The topological polar surface area (TPSA) is 233 Å². The number of aromatic nitrogens is 1. The second-order valence-corrected chi connectivity index (χ2v) is 16.3. The van der Waals surface area contributed by atoms with Gasteiger partial charge in [0.15, 0.2) is 33.9 Å². The summed E-state index contributed by atoms with van der Waals surface area (Å²) < 4.78 is 14.6. The van der Waals surface area contributed by atoms with Gasteiger partial charge in [-0.2, -0.15) is 0 Å². The van der Waals surface area contributed by atoms with Crippen molar-refractivity contribution < 1.29 is 58.1 Å². The molecule has 5 heterocycles. The second-order valence-electron chi connectivity index (χ2n) is 13.9. The number of ketones is 1. The van der Waals surface area contributed by atoms with Crippen LogP contribution in [-0.4, -0.2) is 130 Å². The summed E-state index contributed by atoms with van der Waals surface area (Å²) >= 11 is 2.41. The van der Waals surface area contributed by atoms with Gasteiger partial charge in [0, 0.05) is 41.0 Å². The van der Waals surface area contributed by atoms with Gasteiger partial charge in [-0.15, -0.1) is 23.1 Å².